The van der Waals surface area contributed by atoms with Crippen LogP contribution in [0.1, 0.15) is 11.3 Å². The Morgan fingerprint density at radius 3 is 2.59 bits per heavy atom. The third-order valence-corrected chi connectivity index (χ3v) is 4.03. The number of likely N-dealkylation sites (N-methyl/N-ethyl adjacent to an activating group) is 1. The summed E-state index contributed by atoms with van der Waals surface area (Å²) in [5, 5.41) is 10.3. The number of hydrogen-bond donors (Lipinski definition) is 1. The molecule has 0 aliphatic carbocycles. The molecule has 0 fully saturated rings. The van der Waals surface area contributed by atoms with Crippen LogP contribution >= 0.6 is 0 Å². The second kappa shape index (κ2) is 9.21. The van der Waals surface area contributed by atoms with Crippen LogP contribution in [-0.2, 0) is 11.3 Å². The zero-order valence-corrected chi connectivity index (χ0v) is 15.6. The van der Waals surface area contributed by atoms with Crippen molar-refractivity contribution in [3.63, 3.8) is 0 Å². The summed E-state index contributed by atoms with van der Waals surface area (Å²) in [6.45, 7) is 3.08. The molecule has 3 aromatic rings. The highest BCUT2D eigenvalue weighted by molar-refractivity contribution is 5.53. The number of nitrogens with zero attached hydrogens (tertiary/aromatic N) is 4. The lowest BCUT2D eigenvalue weighted by Gasteiger charge is -2.22. The third-order valence-electron chi connectivity index (χ3n) is 4.03. The van der Waals surface area contributed by atoms with Crippen LogP contribution in [0.25, 0.3) is 11.5 Å². The topological polar surface area (TPSA) is 71.4 Å². The van der Waals surface area contributed by atoms with Crippen LogP contribution < -0.4 is 4.90 Å². The van der Waals surface area contributed by atoms with Gasteiger partial charge in [-0.1, -0.05) is 36.4 Å². The zero-order valence-electron chi connectivity index (χ0n) is 15.6. The Kier molecular flexibility index (Phi) is 6.46. The first-order valence-corrected chi connectivity index (χ1v) is 8.90. The molecule has 2 heterocycles. The molecule has 1 aromatic carbocycles. The van der Waals surface area contributed by atoms with Gasteiger partial charge in [0.2, 0.25) is 0 Å². The van der Waals surface area contributed by atoms with Crippen molar-refractivity contribution >= 4 is 5.82 Å². The van der Waals surface area contributed by atoms with Crippen LogP contribution in [0.4, 0.5) is 5.82 Å². The van der Waals surface area contributed by atoms with E-state index in [4.69, 9.17) is 4.74 Å². The fourth-order valence-electron chi connectivity index (χ4n) is 2.71. The number of hydrogen-bond acceptors (Lipinski definition) is 6. The summed E-state index contributed by atoms with van der Waals surface area (Å²) < 4.78 is 5.62. The normalized spacial score (nSPS) is 12.0. The smallest absolute Gasteiger partial charge is 0.180 e. The molecule has 0 aliphatic rings. The van der Waals surface area contributed by atoms with E-state index in [0.29, 0.717) is 19.0 Å². The Balaban J connectivity index is 1.58. The number of anilines is 1. The van der Waals surface area contributed by atoms with E-state index in [1.807, 2.05) is 73.5 Å². The van der Waals surface area contributed by atoms with Gasteiger partial charge in [-0.2, -0.15) is 0 Å². The minimum Gasteiger partial charge on any atom is -0.389 e. The molecule has 0 bridgehead atoms. The van der Waals surface area contributed by atoms with Gasteiger partial charge in [-0.05, 0) is 24.6 Å². The molecular formula is C21H24N4O2. The lowest BCUT2D eigenvalue weighted by Crippen LogP contribution is -2.32. The number of pyridine rings is 1. The SMILES string of the molecule is Cc1cc(N(C)CC(O)COCc2ccccc2)nc(-c2ccccn2)n1. The molecule has 140 valence electrons. The molecule has 6 nitrogen and oxygen atoms in total. The molecule has 1 unspecified atom stereocenters. The quantitative estimate of drug-likeness (QED) is 0.663. The molecule has 0 amide bonds. The van der Waals surface area contributed by atoms with Crippen molar-refractivity contribution in [2.24, 2.45) is 0 Å². The highest BCUT2D eigenvalue weighted by Crippen LogP contribution is 2.18. The lowest BCUT2D eigenvalue weighted by molar-refractivity contribution is 0.0324. The predicted octanol–water partition coefficient (Wildman–Crippen LogP) is 2.86. The maximum atomic E-state index is 10.3. The minimum absolute atomic E-state index is 0.260. The van der Waals surface area contributed by atoms with Crippen LogP contribution in [0, 0.1) is 6.92 Å². The van der Waals surface area contributed by atoms with Crippen molar-refractivity contribution in [3.8, 4) is 11.5 Å². The Morgan fingerprint density at radius 2 is 1.85 bits per heavy atom. The van der Waals surface area contributed by atoms with Gasteiger partial charge >= 0.3 is 0 Å². The van der Waals surface area contributed by atoms with Gasteiger partial charge in [0, 0.05) is 31.5 Å². The fraction of sp³-hybridized carbons (Fsp3) is 0.286. The van der Waals surface area contributed by atoms with Crippen LogP contribution in [0.5, 0.6) is 0 Å². The van der Waals surface area contributed by atoms with E-state index in [9.17, 15) is 5.11 Å². The molecule has 0 saturated heterocycles. The van der Waals surface area contributed by atoms with Gasteiger partial charge in [0.15, 0.2) is 5.82 Å². The molecular weight excluding hydrogens is 340 g/mol. The second-order valence-corrected chi connectivity index (χ2v) is 6.44. The summed E-state index contributed by atoms with van der Waals surface area (Å²) in [6, 6.07) is 17.5. The molecule has 0 radical (unpaired) electrons. The maximum absolute atomic E-state index is 10.3. The second-order valence-electron chi connectivity index (χ2n) is 6.44. The standard InChI is InChI=1S/C21H24N4O2/c1-16-12-20(24-21(23-16)19-10-6-7-11-22-19)25(2)13-18(26)15-27-14-17-8-4-3-5-9-17/h3-12,18,26H,13-15H2,1-2H3. The summed E-state index contributed by atoms with van der Waals surface area (Å²) in [6.07, 6.45) is 1.10. The summed E-state index contributed by atoms with van der Waals surface area (Å²) in [4.78, 5) is 15.3. The van der Waals surface area contributed by atoms with Crippen molar-refractivity contribution in [1.29, 1.82) is 0 Å². The van der Waals surface area contributed by atoms with Crippen molar-refractivity contribution in [2.45, 2.75) is 19.6 Å². The van der Waals surface area contributed by atoms with Gasteiger partial charge in [-0.25, -0.2) is 9.97 Å². The van der Waals surface area contributed by atoms with E-state index in [1.54, 1.807) is 6.20 Å². The average molecular weight is 364 g/mol. The molecule has 1 atom stereocenters. The van der Waals surface area contributed by atoms with Crippen molar-refractivity contribution in [3.05, 3.63) is 72.1 Å². The van der Waals surface area contributed by atoms with Crippen LogP contribution in [-0.4, -0.2) is 46.4 Å². The lowest BCUT2D eigenvalue weighted by atomic mass is 10.2. The molecule has 3 rings (SSSR count). The van der Waals surface area contributed by atoms with Gasteiger partial charge in [0.05, 0.1) is 19.3 Å². The van der Waals surface area contributed by atoms with Crippen molar-refractivity contribution in [1.82, 2.24) is 15.0 Å². The Bertz CT molecular complexity index is 843. The first-order valence-electron chi connectivity index (χ1n) is 8.90. The number of rotatable bonds is 8. The largest absolute Gasteiger partial charge is 0.389 e. The minimum atomic E-state index is -0.618. The van der Waals surface area contributed by atoms with Gasteiger partial charge < -0.3 is 14.7 Å². The molecule has 2 aromatic heterocycles. The number of ether oxygens (including phenoxy) is 1. The van der Waals surface area contributed by atoms with Crippen LogP contribution in [0.15, 0.2) is 60.8 Å². The van der Waals surface area contributed by atoms with Crippen molar-refractivity contribution in [2.75, 3.05) is 25.1 Å². The number of aliphatic hydroxyl groups is 1. The summed E-state index contributed by atoms with van der Waals surface area (Å²) in [7, 11) is 1.89. The van der Waals surface area contributed by atoms with Gasteiger partial charge in [-0.3, -0.25) is 4.98 Å². The van der Waals surface area contributed by atoms with E-state index >= 15 is 0 Å². The Labute approximate surface area is 159 Å². The predicted molar refractivity (Wildman–Crippen MR) is 105 cm³/mol. The molecule has 6 heteroatoms. The van der Waals surface area contributed by atoms with Gasteiger partial charge in [0.1, 0.15) is 11.5 Å². The first-order chi connectivity index (χ1) is 13.1. The summed E-state index contributed by atoms with van der Waals surface area (Å²) in [5.74, 6) is 1.32. The number of aromatic nitrogens is 3. The molecule has 0 aliphatic heterocycles. The van der Waals surface area contributed by atoms with Crippen LogP contribution in [0.2, 0.25) is 0 Å². The Hall–Kier alpha value is -2.83. The maximum Gasteiger partial charge on any atom is 0.180 e. The molecule has 1 N–H and O–H groups in total. The number of benzene rings is 1. The number of aryl methyl sites for hydroxylation is 1. The van der Waals surface area contributed by atoms with Crippen molar-refractivity contribution < 1.29 is 9.84 Å². The summed E-state index contributed by atoms with van der Waals surface area (Å²) >= 11 is 0. The third kappa shape index (κ3) is 5.57. The Morgan fingerprint density at radius 1 is 1.07 bits per heavy atom. The van der Waals surface area contributed by atoms with E-state index in [-0.39, 0.29) is 6.61 Å². The fourth-order valence-corrected chi connectivity index (χ4v) is 2.71. The van der Waals surface area contributed by atoms with E-state index in [2.05, 4.69) is 15.0 Å². The first kappa shape index (κ1) is 18.9. The highest BCUT2D eigenvalue weighted by Gasteiger charge is 2.13. The van der Waals surface area contributed by atoms with E-state index in [1.165, 1.54) is 0 Å². The molecule has 0 spiro atoms. The summed E-state index contributed by atoms with van der Waals surface area (Å²) in [5.41, 5.74) is 2.66. The monoisotopic (exact) mass is 364 g/mol. The zero-order chi connectivity index (χ0) is 19.1. The van der Waals surface area contributed by atoms with Crippen LogP contribution in [0.3, 0.4) is 0 Å². The van der Waals surface area contributed by atoms with Gasteiger partial charge in [0.25, 0.3) is 0 Å². The highest BCUT2D eigenvalue weighted by atomic mass is 16.5. The average Bonchev–Trinajstić information content (AvgIpc) is 2.69. The number of aliphatic hydroxyl groups excluding tert-OH is 1. The molecule has 0 saturated carbocycles. The van der Waals surface area contributed by atoms with E-state index < -0.39 is 6.10 Å². The molecule has 27 heavy (non-hydrogen) atoms. The van der Waals surface area contributed by atoms with Gasteiger partial charge in [-0.15, -0.1) is 0 Å². The van der Waals surface area contributed by atoms with E-state index in [0.717, 1.165) is 22.8 Å².